The number of aliphatic hydroxyl groups is 1. The average Bonchev–Trinajstić information content (AvgIpc) is 2.85. The SMILES string of the molecule is C=C(C)[C@H]1C[C@]23C(=O)C(C(=O)C(C)C)=C(O)[C@](C)(C[C@H]2C1(C)C)C3=O. The van der Waals surface area contributed by atoms with E-state index in [-0.39, 0.29) is 40.1 Å². The molecule has 0 aliphatic heterocycles. The van der Waals surface area contributed by atoms with E-state index in [2.05, 4.69) is 20.4 Å². The number of Topliss-reactive ketones (excluding diaryl/α,β-unsaturated/α-hetero) is 3. The van der Waals surface area contributed by atoms with E-state index in [1.165, 1.54) is 0 Å². The van der Waals surface area contributed by atoms with Crippen LogP contribution in [0, 0.1) is 34.0 Å². The molecule has 2 fully saturated rings. The molecule has 0 aromatic carbocycles. The van der Waals surface area contributed by atoms with E-state index in [1.54, 1.807) is 20.8 Å². The molecule has 3 aliphatic rings. The van der Waals surface area contributed by atoms with Gasteiger partial charge >= 0.3 is 0 Å². The molecule has 2 saturated carbocycles. The van der Waals surface area contributed by atoms with E-state index in [0.29, 0.717) is 12.8 Å². The van der Waals surface area contributed by atoms with Crippen molar-refractivity contribution in [1.82, 2.24) is 0 Å². The fourth-order valence-corrected chi connectivity index (χ4v) is 5.78. The van der Waals surface area contributed by atoms with Gasteiger partial charge in [-0.3, -0.25) is 14.4 Å². The van der Waals surface area contributed by atoms with Crippen molar-refractivity contribution in [3.8, 4) is 0 Å². The number of aliphatic hydroxyl groups excluding tert-OH is 1. The van der Waals surface area contributed by atoms with Crippen LogP contribution >= 0.6 is 0 Å². The molecule has 4 nitrogen and oxygen atoms in total. The summed E-state index contributed by atoms with van der Waals surface area (Å²) in [5.41, 5.74) is -1.76. The molecule has 3 aliphatic carbocycles. The van der Waals surface area contributed by atoms with Crippen LogP contribution in [0.4, 0.5) is 0 Å². The summed E-state index contributed by atoms with van der Waals surface area (Å²) in [5.74, 6) is -1.87. The highest BCUT2D eigenvalue weighted by Crippen LogP contribution is 2.71. The van der Waals surface area contributed by atoms with Crippen molar-refractivity contribution in [3.63, 3.8) is 0 Å². The summed E-state index contributed by atoms with van der Waals surface area (Å²) in [7, 11) is 0. The van der Waals surface area contributed by atoms with Gasteiger partial charge < -0.3 is 5.11 Å². The lowest BCUT2D eigenvalue weighted by molar-refractivity contribution is -0.144. The molecule has 0 unspecified atom stereocenters. The average molecular weight is 344 g/mol. The van der Waals surface area contributed by atoms with Crippen molar-refractivity contribution in [2.45, 2.75) is 54.4 Å². The molecule has 0 aromatic rings. The lowest BCUT2D eigenvalue weighted by atomic mass is 9.64. The third-order valence-electron chi connectivity index (χ3n) is 7.19. The maximum atomic E-state index is 13.5. The van der Waals surface area contributed by atoms with Crippen molar-refractivity contribution < 1.29 is 19.5 Å². The normalized spacial score (nSPS) is 39.2. The standard InChI is InChI=1S/C21H28O4/c1-10(2)12-8-21-13(19(12,5)6)9-20(7,18(21)25)16(23)14(17(21)24)15(22)11(3)4/h11-13,23H,1,8-9H2,2-7H3/t12-,13+,20+,21-/m1/s1. The molecule has 25 heavy (non-hydrogen) atoms. The Kier molecular flexibility index (Phi) is 3.56. The summed E-state index contributed by atoms with van der Waals surface area (Å²) in [6.45, 7) is 15.3. The molecule has 136 valence electrons. The van der Waals surface area contributed by atoms with E-state index in [4.69, 9.17) is 0 Å². The van der Waals surface area contributed by atoms with Gasteiger partial charge in [-0.2, -0.15) is 0 Å². The monoisotopic (exact) mass is 344 g/mol. The summed E-state index contributed by atoms with van der Waals surface area (Å²) < 4.78 is 0. The maximum Gasteiger partial charge on any atom is 0.183 e. The van der Waals surface area contributed by atoms with Crippen molar-refractivity contribution in [3.05, 3.63) is 23.5 Å². The largest absolute Gasteiger partial charge is 0.510 e. The fourth-order valence-electron chi connectivity index (χ4n) is 5.78. The van der Waals surface area contributed by atoms with Crippen LogP contribution in [0.3, 0.4) is 0 Å². The lowest BCUT2D eigenvalue weighted by Crippen LogP contribution is -2.49. The Hall–Kier alpha value is -1.71. The Morgan fingerprint density at radius 3 is 2.24 bits per heavy atom. The van der Waals surface area contributed by atoms with Gasteiger partial charge in [-0.25, -0.2) is 0 Å². The van der Waals surface area contributed by atoms with E-state index < -0.39 is 22.5 Å². The second kappa shape index (κ2) is 4.93. The first-order chi connectivity index (χ1) is 11.3. The van der Waals surface area contributed by atoms with Crippen LogP contribution in [0.2, 0.25) is 0 Å². The van der Waals surface area contributed by atoms with E-state index in [0.717, 1.165) is 5.57 Å². The van der Waals surface area contributed by atoms with Gasteiger partial charge in [0.05, 0.1) is 10.8 Å². The summed E-state index contributed by atoms with van der Waals surface area (Å²) >= 11 is 0. The molecule has 3 rings (SSSR count). The fraction of sp³-hybridized carbons (Fsp3) is 0.667. The van der Waals surface area contributed by atoms with Crippen molar-refractivity contribution in [2.75, 3.05) is 0 Å². The Morgan fingerprint density at radius 2 is 1.76 bits per heavy atom. The molecule has 4 heteroatoms. The van der Waals surface area contributed by atoms with Crippen molar-refractivity contribution >= 4 is 17.3 Å². The highest BCUT2D eigenvalue weighted by atomic mass is 16.3. The Labute approximate surface area is 149 Å². The second-order valence-corrected chi connectivity index (χ2v) is 9.39. The van der Waals surface area contributed by atoms with E-state index >= 15 is 0 Å². The molecule has 0 amide bonds. The van der Waals surface area contributed by atoms with Gasteiger partial charge in [-0.05, 0) is 43.9 Å². The van der Waals surface area contributed by atoms with Crippen molar-refractivity contribution in [1.29, 1.82) is 0 Å². The molecule has 0 aromatic heterocycles. The van der Waals surface area contributed by atoms with Gasteiger partial charge in [-0.1, -0.05) is 39.8 Å². The Bertz CT molecular complexity index is 754. The van der Waals surface area contributed by atoms with Crippen LogP contribution in [-0.2, 0) is 14.4 Å². The minimum atomic E-state index is -1.19. The number of rotatable bonds is 3. The summed E-state index contributed by atoms with van der Waals surface area (Å²) in [6, 6.07) is 0. The van der Waals surface area contributed by atoms with E-state index in [1.807, 2.05) is 6.92 Å². The highest BCUT2D eigenvalue weighted by Gasteiger charge is 2.76. The number of ketones is 3. The Balaban J connectivity index is 2.26. The maximum absolute atomic E-state index is 13.5. The van der Waals surface area contributed by atoms with Crippen LogP contribution in [0.25, 0.3) is 0 Å². The molecular formula is C21H28O4. The zero-order valence-electron chi connectivity index (χ0n) is 16.0. The van der Waals surface area contributed by atoms with Gasteiger partial charge in [0.2, 0.25) is 0 Å². The molecule has 4 atom stereocenters. The molecule has 1 N–H and O–H groups in total. The van der Waals surface area contributed by atoms with Crippen LogP contribution in [0.5, 0.6) is 0 Å². The number of carbonyl (C=O) groups excluding carboxylic acids is 3. The number of carbonyl (C=O) groups is 3. The van der Waals surface area contributed by atoms with Gasteiger partial charge in [-0.15, -0.1) is 0 Å². The quantitative estimate of drug-likeness (QED) is 0.480. The predicted molar refractivity (Wildman–Crippen MR) is 94.9 cm³/mol. The zero-order valence-corrected chi connectivity index (χ0v) is 16.0. The predicted octanol–water partition coefficient (Wildman–Crippen LogP) is 3.81. The van der Waals surface area contributed by atoms with Gasteiger partial charge in [0, 0.05) is 5.92 Å². The summed E-state index contributed by atoms with van der Waals surface area (Å²) in [6.07, 6.45) is 0.810. The third kappa shape index (κ3) is 1.86. The molecular weight excluding hydrogens is 316 g/mol. The van der Waals surface area contributed by atoms with Gasteiger partial charge in [0.25, 0.3) is 0 Å². The second-order valence-electron chi connectivity index (χ2n) is 9.39. The van der Waals surface area contributed by atoms with Crippen LogP contribution < -0.4 is 0 Å². The summed E-state index contributed by atoms with van der Waals surface area (Å²) in [4.78, 5) is 39.5. The molecule has 0 radical (unpaired) electrons. The molecule has 0 heterocycles. The van der Waals surface area contributed by atoms with Gasteiger partial charge in [0.15, 0.2) is 17.3 Å². The third-order valence-corrected chi connectivity index (χ3v) is 7.19. The first-order valence-electron chi connectivity index (χ1n) is 9.06. The van der Waals surface area contributed by atoms with Gasteiger partial charge in [0.1, 0.15) is 11.3 Å². The van der Waals surface area contributed by atoms with Crippen LogP contribution in [-0.4, -0.2) is 22.5 Å². The summed E-state index contributed by atoms with van der Waals surface area (Å²) in [5, 5.41) is 10.8. The molecule has 0 saturated heterocycles. The minimum absolute atomic E-state index is 0.0468. The minimum Gasteiger partial charge on any atom is -0.510 e. The van der Waals surface area contributed by atoms with Crippen molar-refractivity contribution in [2.24, 2.45) is 34.0 Å². The lowest BCUT2D eigenvalue weighted by Gasteiger charge is -2.35. The number of hydrogen-bond acceptors (Lipinski definition) is 4. The molecule has 2 bridgehead atoms. The topological polar surface area (TPSA) is 71.4 Å². The Morgan fingerprint density at radius 1 is 1.20 bits per heavy atom. The highest BCUT2D eigenvalue weighted by molar-refractivity contribution is 6.32. The number of hydrogen-bond donors (Lipinski definition) is 1. The zero-order chi connectivity index (χ0) is 19.1. The van der Waals surface area contributed by atoms with E-state index in [9.17, 15) is 19.5 Å². The first kappa shape index (κ1) is 18.1. The smallest absolute Gasteiger partial charge is 0.183 e. The van der Waals surface area contributed by atoms with Crippen LogP contribution in [0.15, 0.2) is 23.5 Å². The number of allylic oxidation sites excluding steroid dienone is 3. The molecule has 1 spiro atoms. The van der Waals surface area contributed by atoms with Crippen LogP contribution in [0.1, 0.15) is 54.4 Å². The first-order valence-corrected chi connectivity index (χ1v) is 9.06. The number of fused-ring (bicyclic) bond motifs is 1.